The Morgan fingerprint density at radius 1 is 1.21 bits per heavy atom. The van der Waals surface area contributed by atoms with Crippen molar-refractivity contribution in [3.8, 4) is 11.8 Å². The predicted molar refractivity (Wildman–Crippen MR) is 99.9 cm³/mol. The summed E-state index contributed by atoms with van der Waals surface area (Å²) in [6.45, 7) is 0.689. The van der Waals surface area contributed by atoms with Gasteiger partial charge in [0.25, 0.3) is 0 Å². The number of anilines is 1. The van der Waals surface area contributed by atoms with Gasteiger partial charge in [0.2, 0.25) is 0 Å². The molecule has 0 unspecified atom stereocenters. The van der Waals surface area contributed by atoms with Crippen molar-refractivity contribution in [2.45, 2.75) is 18.7 Å². The molecule has 1 N–H and O–H groups in total. The van der Waals surface area contributed by atoms with Gasteiger partial charge in [-0.1, -0.05) is 6.07 Å². The molecular formula is C20H15F3N4O2. The van der Waals surface area contributed by atoms with Crippen molar-refractivity contribution in [2.75, 3.05) is 18.0 Å². The Balaban J connectivity index is 2.03. The van der Waals surface area contributed by atoms with E-state index in [9.17, 15) is 23.1 Å². The third-order valence-corrected chi connectivity index (χ3v) is 4.90. The fraction of sp³-hybridized carbons (Fsp3) is 0.250. The van der Waals surface area contributed by atoms with Crippen molar-refractivity contribution in [3.63, 3.8) is 0 Å². The van der Waals surface area contributed by atoms with Crippen molar-refractivity contribution < 1.29 is 18.3 Å². The van der Waals surface area contributed by atoms with Gasteiger partial charge in [0.05, 0.1) is 34.5 Å². The fourth-order valence-electron chi connectivity index (χ4n) is 3.53. The molecule has 0 saturated carbocycles. The van der Waals surface area contributed by atoms with E-state index in [1.165, 1.54) is 24.3 Å². The van der Waals surface area contributed by atoms with Crippen LogP contribution in [0.2, 0.25) is 0 Å². The summed E-state index contributed by atoms with van der Waals surface area (Å²) in [6.07, 6.45) is -4.69. The molecule has 1 aliphatic rings. The number of rotatable bonds is 2. The van der Waals surface area contributed by atoms with E-state index >= 15 is 0 Å². The van der Waals surface area contributed by atoms with Crippen LogP contribution in [0.5, 0.6) is 0 Å². The number of hydrogen-bond donors (Lipinski definition) is 1. The summed E-state index contributed by atoms with van der Waals surface area (Å²) in [7, 11) is 0. The first-order valence-electron chi connectivity index (χ1n) is 8.85. The van der Waals surface area contributed by atoms with Gasteiger partial charge in [0.15, 0.2) is 0 Å². The van der Waals surface area contributed by atoms with Crippen LogP contribution in [0.3, 0.4) is 0 Å². The number of aliphatic hydroxyl groups is 1. The highest BCUT2D eigenvalue weighted by Crippen LogP contribution is 2.34. The Labute approximate surface area is 163 Å². The zero-order chi connectivity index (χ0) is 20.8. The predicted octanol–water partition coefficient (Wildman–Crippen LogP) is 2.85. The molecular weight excluding hydrogens is 385 g/mol. The number of aliphatic hydroxyl groups excluding tert-OH is 1. The van der Waals surface area contributed by atoms with E-state index in [2.05, 4.69) is 4.98 Å². The van der Waals surface area contributed by atoms with E-state index in [-0.39, 0.29) is 29.1 Å². The minimum atomic E-state index is -4.59. The molecule has 1 fully saturated rings. The number of halogens is 3. The zero-order valence-corrected chi connectivity index (χ0v) is 15.0. The second kappa shape index (κ2) is 6.90. The molecule has 0 amide bonds. The summed E-state index contributed by atoms with van der Waals surface area (Å²) in [6, 6.07) is 11.1. The minimum absolute atomic E-state index is 0.0336. The van der Waals surface area contributed by atoms with Crippen LogP contribution in [-0.2, 0) is 6.18 Å². The van der Waals surface area contributed by atoms with E-state index in [4.69, 9.17) is 5.26 Å². The van der Waals surface area contributed by atoms with E-state index in [1.54, 1.807) is 11.0 Å². The topological polar surface area (TPSA) is 82.2 Å². The lowest BCUT2D eigenvalue weighted by Gasteiger charge is -2.21. The quantitative estimate of drug-likeness (QED) is 0.715. The van der Waals surface area contributed by atoms with Crippen molar-refractivity contribution >= 4 is 16.7 Å². The van der Waals surface area contributed by atoms with Gasteiger partial charge >= 0.3 is 11.9 Å². The molecule has 3 aromatic rings. The third kappa shape index (κ3) is 3.43. The highest BCUT2D eigenvalue weighted by atomic mass is 19.4. The summed E-state index contributed by atoms with van der Waals surface area (Å²) in [5, 5.41) is 19.3. The molecule has 6 nitrogen and oxygen atoms in total. The maximum Gasteiger partial charge on any atom is 0.416 e. The lowest BCUT2D eigenvalue weighted by molar-refractivity contribution is -0.137. The van der Waals surface area contributed by atoms with Crippen LogP contribution >= 0.6 is 0 Å². The SMILES string of the molecule is N#Cc1cccc(-n2c(=O)nc(N3CC[C@@H](O)C3)c3ccc(C(F)(F)F)cc32)c1. The van der Waals surface area contributed by atoms with Gasteiger partial charge in [-0.2, -0.15) is 23.4 Å². The molecule has 148 valence electrons. The summed E-state index contributed by atoms with van der Waals surface area (Å²) in [5.74, 6) is 0.239. The van der Waals surface area contributed by atoms with Crippen LogP contribution in [0.1, 0.15) is 17.5 Å². The maximum absolute atomic E-state index is 13.3. The Kier molecular flexibility index (Phi) is 4.51. The molecule has 4 rings (SSSR count). The zero-order valence-electron chi connectivity index (χ0n) is 15.0. The molecule has 29 heavy (non-hydrogen) atoms. The number of benzene rings is 2. The lowest BCUT2D eigenvalue weighted by atomic mass is 10.1. The van der Waals surface area contributed by atoms with Gasteiger partial charge in [-0.15, -0.1) is 0 Å². The molecule has 1 aromatic heterocycles. The summed E-state index contributed by atoms with van der Waals surface area (Å²) < 4.78 is 41.1. The van der Waals surface area contributed by atoms with Crippen LogP contribution < -0.4 is 10.6 Å². The molecule has 9 heteroatoms. The van der Waals surface area contributed by atoms with Crippen molar-refractivity contribution in [3.05, 3.63) is 64.1 Å². The molecule has 0 spiro atoms. The number of fused-ring (bicyclic) bond motifs is 1. The fourth-order valence-corrected chi connectivity index (χ4v) is 3.53. The van der Waals surface area contributed by atoms with Crippen molar-refractivity contribution in [1.82, 2.24) is 9.55 Å². The van der Waals surface area contributed by atoms with Crippen LogP contribution in [0.4, 0.5) is 19.0 Å². The number of β-amino-alcohol motifs (C(OH)–C–C–N with tert-alkyl or cyclic N) is 1. The Bertz CT molecular complexity index is 1200. The summed E-state index contributed by atoms with van der Waals surface area (Å²) in [4.78, 5) is 18.6. The molecule has 0 bridgehead atoms. The summed E-state index contributed by atoms with van der Waals surface area (Å²) in [5.41, 5.74) is -1.11. The van der Waals surface area contributed by atoms with Crippen LogP contribution in [-0.4, -0.2) is 33.9 Å². The van der Waals surface area contributed by atoms with E-state index < -0.39 is 23.5 Å². The van der Waals surface area contributed by atoms with E-state index in [1.807, 2.05) is 6.07 Å². The molecule has 2 aromatic carbocycles. The second-order valence-corrected chi connectivity index (χ2v) is 6.83. The van der Waals surface area contributed by atoms with Gasteiger partial charge in [0.1, 0.15) is 5.82 Å². The lowest BCUT2D eigenvalue weighted by Crippen LogP contribution is -2.29. The smallest absolute Gasteiger partial charge is 0.391 e. The summed E-state index contributed by atoms with van der Waals surface area (Å²) >= 11 is 0. The standard InChI is InChI=1S/C20H15F3N4O2/c21-20(22,23)13-4-5-16-17(9-13)27(14-3-1-2-12(8-14)10-24)19(29)25-18(16)26-7-6-15(28)11-26/h1-5,8-9,15,28H,6-7,11H2/t15-/m1/s1. The van der Waals surface area contributed by atoms with Crippen molar-refractivity contribution in [2.24, 2.45) is 0 Å². The van der Waals surface area contributed by atoms with Gasteiger partial charge < -0.3 is 10.0 Å². The number of alkyl halides is 3. The minimum Gasteiger partial charge on any atom is -0.391 e. The Morgan fingerprint density at radius 3 is 2.66 bits per heavy atom. The number of nitrogens with zero attached hydrogens (tertiary/aromatic N) is 4. The molecule has 0 aliphatic carbocycles. The third-order valence-electron chi connectivity index (χ3n) is 4.90. The van der Waals surface area contributed by atoms with Gasteiger partial charge in [-0.05, 0) is 42.8 Å². The van der Waals surface area contributed by atoms with Gasteiger partial charge in [0, 0.05) is 18.5 Å². The average Bonchev–Trinajstić information content (AvgIpc) is 3.12. The van der Waals surface area contributed by atoms with Gasteiger partial charge in [-0.25, -0.2) is 4.79 Å². The molecule has 2 heterocycles. The molecule has 0 radical (unpaired) electrons. The Morgan fingerprint density at radius 2 is 2.00 bits per heavy atom. The largest absolute Gasteiger partial charge is 0.416 e. The second-order valence-electron chi connectivity index (χ2n) is 6.83. The molecule has 1 saturated heterocycles. The Hall–Kier alpha value is -3.38. The number of nitriles is 1. The highest BCUT2D eigenvalue weighted by Gasteiger charge is 2.32. The normalized spacial score (nSPS) is 16.9. The first kappa shape index (κ1) is 19.0. The maximum atomic E-state index is 13.3. The first-order chi connectivity index (χ1) is 13.8. The highest BCUT2D eigenvalue weighted by molar-refractivity contribution is 5.91. The molecule has 1 atom stereocenters. The van der Waals surface area contributed by atoms with E-state index in [0.717, 1.165) is 16.7 Å². The van der Waals surface area contributed by atoms with Crippen LogP contribution in [0.25, 0.3) is 16.6 Å². The number of hydrogen-bond acceptors (Lipinski definition) is 5. The molecule has 1 aliphatic heterocycles. The monoisotopic (exact) mass is 400 g/mol. The number of aromatic nitrogens is 2. The first-order valence-corrected chi connectivity index (χ1v) is 8.85. The van der Waals surface area contributed by atoms with E-state index in [0.29, 0.717) is 18.4 Å². The van der Waals surface area contributed by atoms with Crippen LogP contribution in [0, 0.1) is 11.3 Å². The average molecular weight is 400 g/mol. The van der Waals surface area contributed by atoms with Crippen molar-refractivity contribution in [1.29, 1.82) is 5.26 Å². The van der Waals surface area contributed by atoms with Gasteiger partial charge in [-0.3, -0.25) is 4.57 Å². The van der Waals surface area contributed by atoms with Crippen LogP contribution in [0.15, 0.2) is 47.3 Å².